The lowest BCUT2D eigenvalue weighted by Crippen LogP contribution is -2.10. The van der Waals surface area contributed by atoms with Crippen LogP contribution in [0.5, 0.6) is 0 Å². The lowest BCUT2D eigenvalue weighted by Gasteiger charge is -2.28. The van der Waals surface area contributed by atoms with Crippen molar-refractivity contribution in [3.8, 4) is 22.3 Å². The molecule has 0 saturated heterocycles. The van der Waals surface area contributed by atoms with Gasteiger partial charge in [0.2, 0.25) is 0 Å². The molecule has 0 saturated carbocycles. The topological polar surface area (TPSA) is 3.24 Å². The maximum Gasteiger partial charge on any atom is 0.0641 e. The Bertz CT molecular complexity index is 2830. The number of benzene rings is 8. The van der Waals surface area contributed by atoms with E-state index >= 15 is 0 Å². The van der Waals surface area contributed by atoms with Crippen molar-refractivity contribution in [3.05, 3.63) is 176 Å². The largest absolute Gasteiger partial charge is 0.308 e. The van der Waals surface area contributed by atoms with Crippen LogP contribution in [0.1, 0.15) is 0 Å². The Morgan fingerprint density at radius 2 is 1.02 bits per heavy atom. The Balaban J connectivity index is 1.24. The van der Waals surface area contributed by atoms with Gasteiger partial charge in [0, 0.05) is 41.3 Å². The molecule has 0 unspecified atom stereocenters. The van der Waals surface area contributed by atoms with Crippen molar-refractivity contribution >= 4 is 90.9 Å². The molecule has 0 radical (unpaired) electrons. The van der Waals surface area contributed by atoms with Crippen LogP contribution in [0.3, 0.4) is 0 Å². The molecule has 0 spiro atoms. The van der Waals surface area contributed by atoms with Gasteiger partial charge < -0.3 is 4.90 Å². The Kier molecular flexibility index (Phi) is 6.61. The molecule has 10 rings (SSSR count). The van der Waals surface area contributed by atoms with Gasteiger partial charge in [0.25, 0.3) is 0 Å². The minimum atomic E-state index is 1.14. The number of rotatable bonds is 5. The van der Waals surface area contributed by atoms with Crippen molar-refractivity contribution in [1.29, 1.82) is 0 Å². The standard InChI is InChI=1S/C46H29NS2/c1-2-12-32(13-3-1)36-27-28-40(46-44(36)37-15-6-9-19-42(37)49-46)47(39-17-10-20-43-45(39)38-16-7-8-18-41(38)48-43)35-25-23-31(24-26-35)34-22-21-30-11-4-5-14-33(30)29-34/h1-29H. The van der Waals surface area contributed by atoms with Gasteiger partial charge in [0.1, 0.15) is 0 Å². The Morgan fingerprint density at radius 3 is 1.84 bits per heavy atom. The van der Waals surface area contributed by atoms with E-state index in [-0.39, 0.29) is 0 Å². The molecule has 10 aromatic rings. The lowest BCUT2D eigenvalue weighted by atomic mass is 9.97. The number of hydrogen-bond donors (Lipinski definition) is 0. The maximum atomic E-state index is 2.50. The van der Waals surface area contributed by atoms with Gasteiger partial charge in [0.15, 0.2) is 0 Å². The molecule has 0 aliphatic carbocycles. The zero-order chi connectivity index (χ0) is 32.3. The third-order valence-electron chi connectivity index (χ3n) is 9.66. The number of thiophene rings is 2. The van der Waals surface area contributed by atoms with Gasteiger partial charge in [-0.2, -0.15) is 0 Å². The number of nitrogens with zero attached hydrogens (tertiary/aromatic N) is 1. The van der Waals surface area contributed by atoms with Gasteiger partial charge in [0.05, 0.1) is 16.1 Å². The van der Waals surface area contributed by atoms with E-state index in [9.17, 15) is 0 Å². The van der Waals surface area contributed by atoms with Crippen LogP contribution in [0.25, 0.3) is 73.4 Å². The normalized spacial score (nSPS) is 11.7. The van der Waals surface area contributed by atoms with Crippen LogP contribution < -0.4 is 4.90 Å². The fourth-order valence-electron chi connectivity index (χ4n) is 7.37. The average Bonchev–Trinajstić information content (AvgIpc) is 3.75. The van der Waals surface area contributed by atoms with Crippen molar-refractivity contribution in [2.24, 2.45) is 0 Å². The summed E-state index contributed by atoms with van der Waals surface area (Å²) in [5, 5.41) is 7.72. The number of hydrogen-bond acceptors (Lipinski definition) is 3. The Labute approximate surface area is 292 Å². The second kappa shape index (κ2) is 11.5. The summed E-state index contributed by atoms with van der Waals surface area (Å²) in [6, 6.07) is 64.4. The van der Waals surface area contributed by atoms with Crippen molar-refractivity contribution in [2.45, 2.75) is 0 Å². The third-order valence-corrected chi connectivity index (χ3v) is 12.0. The molecule has 8 aromatic carbocycles. The molecule has 49 heavy (non-hydrogen) atoms. The van der Waals surface area contributed by atoms with Crippen molar-refractivity contribution in [3.63, 3.8) is 0 Å². The Morgan fingerprint density at radius 1 is 0.367 bits per heavy atom. The predicted molar refractivity (Wildman–Crippen MR) is 215 cm³/mol. The molecule has 0 bridgehead atoms. The molecule has 0 aliphatic rings. The van der Waals surface area contributed by atoms with Gasteiger partial charge >= 0.3 is 0 Å². The molecule has 0 N–H and O–H groups in total. The maximum absolute atomic E-state index is 2.50. The van der Waals surface area contributed by atoms with Gasteiger partial charge in [-0.3, -0.25) is 0 Å². The first-order valence-corrected chi connectivity index (χ1v) is 18.2. The van der Waals surface area contributed by atoms with E-state index in [2.05, 4.69) is 181 Å². The van der Waals surface area contributed by atoms with Gasteiger partial charge in [-0.1, -0.05) is 127 Å². The first-order valence-electron chi connectivity index (χ1n) is 16.6. The average molecular weight is 660 g/mol. The molecule has 0 amide bonds. The van der Waals surface area contributed by atoms with Gasteiger partial charge in [-0.15, -0.1) is 22.7 Å². The molecule has 2 aromatic heterocycles. The van der Waals surface area contributed by atoms with E-state index in [1.54, 1.807) is 0 Å². The van der Waals surface area contributed by atoms with E-state index in [0.29, 0.717) is 0 Å². The Hall–Kier alpha value is -5.74. The fourth-order valence-corrected chi connectivity index (χ4v) is 9.73. The van der Waals surface area contributed by atoms with E-state index < -0.39 is 0 Å². The highest BCUT2D eigenvalue weighted by Crippen LogP contribution is 2.51. The highest BCUT2D eigenvalue weighted by Gasteiger charge is 2.23. The number of fused-ring (bicyclic) bond motifs is 7. The molecule has 0 atom stereocenters. The van der Waals surface area contributed by atoms with E-state index in [0.717, 1.165) is 5.69 Å². The van der Waals surface area contributed by atoms with E-state index in [1.807, 2.05) is 22.7 Å². The van der Waals surface area contributed by atoms with Crippen LogP contribution in [0.2, 0.25) is 0 Å². The molecular formula is C46H29NS2. The van der Waals surface area contributed by atoms with Crippen LogP contribution >= 0.6 is 22.7 Å². The zero-order valence-corrected chi connectivity index (χ0v) is 28.1. The summed E-state index contributed by atoms with van der Waals surface area (Å²) in [6.07, 6.45) is 0. The molecule has 1 nitrogen and oxygen atoms in total. The third kappa shape index (κ3) is 4.66. The van der Waals surface area contributed by atoms with Crippen LogP contribution in [-0.2, 0) is 0 Å². The highest BCUT2D eigenvalue weighted by molar-refractivity contribution is 7.26. The van der Waals surface area contributed by atoms with Crippen LogP contribution in [0.4, 0.5) is 17.1 Å². The minimum absolute atomic E-state index is 1.14. The SMILES string of the molecule is c1ccc(-c2ccc(N(c3ccc(-c4ccc5ccccc5c4)cc3)c3cccc4sc5ccccc5c34)c3sc4ccccc4c23)cc1. The minimum Gasteiger partial charge on any atom is -0.308 e. The molecular weight excluding hydrogens is 631 g/mol. The molecule has 3 heteroatoms. The molecule has 230 valence electrons. The fraction of sp³-hybridized carbons (Fsp3) is 0. The summed E-state index contributed by atoms with van der Waals surface area (Å²) in [6.45, 7) is 0. The first-order chi connectivity index (χ1) is 24.3. The van der Waals surface area contributed by atoms with Crippen LogP contribution in [0, 0.1) is 0 Å². The molecule has 0 fully saturated rings. The first kappa shape index (κ1) is 28.3. The number of anilines is 3. The van der Waals surface area contributed by atoms with Crippen molar-refractivity contribution < 1.29 is 0 Å². The summed E-state index contributed by atoms with van der Waals surface area (Å²) < 4.78 is 5.19. The molecule has 0 aliphatic heterocycles. The highest BCUT2D eigenvalue weighted by atomic mass is 32.1. The van der Waals surface area contributed by atoms with Gasteiger partial charge in [-0.25, -0.2) is 0 Å². The summed E-state index contributed by atoms with van der Waals surface area (Å²) in [7, 11) is 0. The second-order valence-electron chi connectivity index (χ2n) is 12.5. The second-order valence-corrected chi connectivity index (χ2v) is 14.6. The summed E-state index contributed by atoms with van der Waals surface area (Å²) >= 11 is 3.76. The summed E-state index contributed by atoms with van der Waals surface area (Å²) in [5.41, 5.74) is 8.46. The quantitative estimate of drug-likeness (QED) is 0.178. The van der Waals surface area contributed by atoms with E-state index in [4.69, 9.17) is 0 Å². The van der Waals surface area contributed by atoms with Gasteiger partial charge in [-0.05, 0) is 81.6 Å². The van der Waals surface area contributed by atoms with E-state index in [1.165, 1.54) is 84.7 Å². The lowest BCUT2D eigenvalue weighted by molar-refractivity contribution is 1.32. The zero-order valence-electron chi connectivity index (χ0n) is 26.5. The summed E-state index contributed by atoms with van der Waals surface area (Å²) in [5.74, 6) is 0. The van der Waals surface area contributed by atoms with Crippen molar-refractivity contribution in [2.75, 3.05) is 4.90 Å². The monoisotopic (exact) mass is 659 g/mol. The summed E-state index contributed by atoms with van der Waals surface area (Å²) in [4.78, 5) is 2.50. The van der Waals surface area contributed by atoms with Crippen LogP contribution in [-0.4, -0.2) is 0 Å². The van der Waals surface area contributed by atoms with Crippen LogP contribution in [0.15, 0.2) is 176 Å². The predicted octanol–water partition coefficient (Wildman–Crippen LogP) is 14.4. The smallest absolute Gasteiger partial charge is 0.0641 e. The van der Waals surface area contributed by atoms with Crippen molar-refractivity contribution in [1.82, 2.24) is 0 Å². The molecule has 2 heterocycles.